The van der Waals surface area contributed by atoms with Crippen LogP contribution in [0.3, 0.4) is 0 Å². The van der Waals surface area contributed by atoms with E-state index in [2.05, 4.69) is 46.7 Å². The van der Waals surface area contributed by atoms with Gasteiger partial charge in [-0.05, 0) is 55.2 Å². The monoisotopic (exact) mass is 376 g/mol. The summed E-state index contributed by atoms with van der Waals surface area (Å²) in [6, 6.07) is 20.7. The molecule has 2 heterocycles. The molecule has 4 nitrogen and oxygen atoms in total. The molecular weight excluding hydrogens is 348 g/mol. The molecule has 4 heteroatoms. The first kappa shape index (κ1) is 18.8. The van der Waals surface area contributed by atoms with Crippen LogP contribution in [0.25, 0.3) is 10.9 Å². The van der Waals surface area contributed by atoms with E-state index in [1.165, 1.54) is 16.6 Å². The van der Waals surface area contributed by atoms with Crippen molar-refractivity contribution in [2.45, 2.75) is 38.7 Å². The van der Waals surface area contributed by atoms with Crippen LogP contribution >= 0.6 is 0 Å². The molecule has 4 rings (SSSR count). The van der Waals surface area contributed by atoms with Crippen LogP contribution in [-0.4, -0.2) is 24.0 Å². The summed E-state index contributed by atoms with van der Waals surface area (Å²) < 4.78 is 5.91. The van der Waals surface area contributed by atoms with E-state index in [-0.39, 0.29) is 11.3 Å². The number of carbonyl (C=O) groups is 1. The van der Waals surface area contributed by atoms with Gasteiger partial charge in [0, 0.05) is 24.4 Å². The van der Waals surface area contributed by atoms with Gasteiger partial charge in [-0.2, -0.15) is 0 Å². The Balaban J connectivity index is 1.38. The maximum absolute atomic E-state index is 12.8. The third-order valence-electron chi connectivity index (χ3n) is 5.89. The van der Waals surface area contributed by atoms with Gasteiger partial charge in [0.1, 0.15) is 0 Å². The first-order valence-corrected chi connectivity index (χ1v) is 10.2. The topological polar surface area (TPSA) is 54.1 Å². The molecule has 1 atom stereocenters. The maximum Gasteiger partial charge on any atom is 0.226 e. The van der Waals surface area contributed by atoms with Crippen LogP contribution in [0.15, 0.2) is 60.7 Å². The number of ether oxygens (including phenoxy) is 1. The molecule has 1 aliphatic rings. The third-order valence-corrected chi connectivity index (χ3v) is 5.89. The lowest BCUT2D eigenvalue weighted by Gasteiger charge is -2.36. The molecule has 2 aromatic carbocycles. The number of benzene rings is 2. The second-order valence-corrected chi connectivity index (χ2v) is 7.81. The fraction of sp³-hybridized carbons (Fsp3) is 0.375. The number of aromatic nitrogens is 1. The van der Waals surface area contributed by atoms with Crippen LogP contribution in [0.5, 0.6) is 0 Å². The number of hydrogen-bond donors (Lipinski definition) is 2. The number of H-pyrrole nitrogens is 1. The van der Waals surface area contributed by atoms with E-state index >= 15 is 0 Å². The predicted octanol–water partition coefficient (Wildman–Crippen LogP) is 4.60. The summed E-state index contributed by atoms with van der Waals surface area (Å²) in [6.45, 7) is 1.99. The van der Waals surface area contributed by atoms with E-state index in [9.17, 15) is 4.79 Å². The minimum atomic E-state index is -0.327. The highest BCUT2D eigenvalue weighted by Gasteiger charge is 2.39. The largest absolute Gasteiger partial charge is 0.377 e. The number of carbonyl (C=O) groups excluding carboxylic acids is 1. The van der Waals surface area contributed by atoms with Crippen molar-refractivity contribution in [3.8, 4) is 0 Å². The molecule has 0 radical (unpaired) electrons. The van der Waals surface area contributed by atoms with E-state index in [1.54, 1.807) is 0 Å². The maximum atomic E-state index is 12.8. The lowest BCUT2D eigenvalue weighted by Crippen LogP contribution is -2.46. The van der Waals surface area contributed by atoms with Gasteiger partial charge in [0.15, 0.2) is 0 Å². The molecule has 0 unspecified atom stereocenters. The van der Waals surface area contributed by atoms with E-state index in [0.29, 0.717) is 13.2 Å². The number of rotatable bonds is 8. The summed E-state index contributed by atoms with van der Waals surface area (Å²) in [5.41, 5.74) is 3.20. The molecule has 3 aromatic rings. The Bertz CT molecular complexity index is 886. The molecule has 0 saturated carbocycles. The van der Waals surface area contributed by atoms with E-state index in [4.69, 9.17) is 4.74 Å². The van der Waals surface area contributed by atoms with Gasteiger partial charge in [0.2, 0.25) is 5.91 Å². The van der Waals surface area contributed by atoms with Gasteiger partial charge in [-0.3, -0.25) is 4.79 Å². The van der Waals surface area contributed by atoms with Gasteiger partial charge >= 0.3 is 0 Å². The number of aromatic amines is 1. The second kappa shape index (κ2) is 8.61. The molecule has 2 N–H and O–H groups in total. The molecule has 0 aliphatic carbocycles. The molecule has 1 saturated heterocycles. The molecule has 28 heavy (non-hydrogen) atoms. The number of nitrogens with one attached hydrogen (secondary N) is 2. The highest BCUT2D eigenvalue weighted by molar-refractivity contribution is 5.83. The van der Waals surface area contributed by atoms with Gasteiger partial charge in [-0.1, -0.05) is 48.5 Å². The van der Waals surface area contributed by atoms with E-state index in [1.807, 2.05) is 24.3 Å². The Morgan fingerprint density at radius 1 is 1.00 bits per heavy atom. The Labute approximate surface area is 166 Å². The van der Waals surface area contributed by atoms with Crippen LogP contribution in [0.1, 0.15) is 36.9 Å². The lowest BCUT2D eigenvalue weighted by atomic mass is 9.73. The summed E-state index contributed by atoms with van der Waals surface area (Å²) >= 11 is 0. The van der Waals surface area contributed by atoms with Gasteiger partial charge in [-0.25, -0.2) is 0 Å². The van der Waals surface area contributed by atoms with Crippen LogP contribution < -0.4 is 5.32 Å². The number of hydrogen-bond acceptors (Lipinski definition) is 2. The fourth-order valence-electron chi connectivity index (χ4n) is 4.21. The first-order valence-electron chi connectivity index (χ1n) is 10.2. The zero-order valence-corrected chi connectivity index (χ0v) is 16.2. The lowest BCUT2D eigenvalue weighted by molar-refractivity contribution is -0.135. The van der Waals surface area contributed by atoms with Crippen molar-refractivity contribution in [2.24, 2.45) is 5.41 Å². The molecule has 1 aliphatic heterocycles. The van der Waals surface area contributed by atoms with Crippen molar-refractivity contribution in [2.75, 3.05) is 13.2 Å². The molecule has 0 bridgehead atoms. The number of piperidine rings is 1. The molecule has 146 valence electrons. The van der Waals surface area contributed by atoms with Gasteiger partial charge in [0.05, 0.1) is 12.0 Å². The number of aryl methyl sites for hydroxylation is 1. The van der Waals surface area contributed by atoms with Gasteiger partial charge in [-0.15, -0.1) is 0 Å². The molecule has 1 fully saturated rings. The number of fused-ring (bicyclic) bond motifs is 1. The van der Waals surface area contributed by atoms with Crippen molar-refractivity contribution < 1.29 is 9.53 Å². The Kier molecular flexibility index (Phi) is 5.77. The molecule has 0 spiro atoms. The van der Waals surface area contributed by atoms with Crippen LogP contribution in [0.2, 0.25) is 0 Å². The second-order valence-electron chi connectivity index (χ2n) is 7.81. The Hall–Kier alpha value is -2.59. The highest BCUT2D eigenvalue weighted by Crippen LogP contribution is 2.36. The summed E-state index contributed by atoms with van der Waals surface area (Å²) in [5.74, 6) is 0.193. The van der Waals surface area contributed by atoms with Crippen LogP contribution in [-0.2, 0) is 22.6 Å². The summed E-state index contributed by atoms with van der Waals surface area (Å²) in [7, 11) is 0. The fourth-order valence-corrected chi connectivity index (χ4v) is 4.21. The van der Waals surface area contributed by atoms with E-state index < -0.39 is 0 Å². The zero-order valence-electron chi connectivity index (χ0n) is 16.2. The standard InChI is InChI=1S/C24H28N2O2/c27-23-24(12-6-15-25-23,14-16-28-18-19-7-2-1-3-8-19)13-11-21-17-20-9-4-5-10-22(20)26-21/h1-5,7-10,17,26H,6,11-16,18H2,(H,25,27)/t24-/m1/s1. The number of para-hydroxylation sites is 1. The predicted molar refractivity (Wildman–Crippen MR) is 112 cm³/mol. The van der Waals surface area contributed by atoms with Gasteiger partial charge < -0.3 is 15.0 Å². The van der Waals surface area contributed by atoms with E-state index in [0.717, 1.165) is 44.2 Å². The number of amides is 1. The average Bonchev–Trinajstić information content (AvgIpc) is 3.15. The smallest absolute Gasteiger partial charge is 0.226 e. The average molecular weight is 377 g/mol. The van der Waals surface area contributed by atoms with Crippen molar-refractivity contribution in [1.29, 1.82) is 0 Å². The quantitative estimate of drug-likeness (QED) is 0.564. The molecule has 1 aromatic heterocycles. The Morgan fingerprint density at radius 2 is 1.82 bits per heavy atom. The Morgan fingerprint density at radius 3 is 2.64 bits per heavy atom. The van der Waals surface area contributed by atoms with Crippen molar-refractivity contribution in [3.63, 3.8) is 0 Å². The van der Waals surface area contributed by atoms with Crippen LogP contribution in [0, 0.1) is 5.41 Å². The summed E-state index contributed by atoms with van der Waals surface area (Å²) in [6.07, 6.45) is 4.47. The van der Waals surface area contributed by atoms with Crippen molar-refractivity contribution in [1.82, 2.24) is 10.3 Å². The minimum Gasteiger partial charge on any atom is -0.377 e. The SMILES string of the molecule is O=C1NCCC[C@]1(CCOCc1ccccc1)CCc1cc2ccccc2[nH]1. The summed E-state index contributed by atoms with van der Waals surface area (Å²) in [4.78, 5) is 16.3. The van der Waals surface area contributed by atoms with Crippen LogP contribution in [0.4, 0.5) is 0 Å². The minimum absolute atomic E-state index is 0.193. The third kappa shape index (κ3) is 4.28. The van der Waals surface area contributed by atoms with Gasteiger partial charge in [0.25, 0.3) is 0 Å². The first-order chi connectivity index (χ1) is 13.8. The molecular formula is C24H28N2O2. The highest BCUT2D eigenvalue weighted by atomic mass is 16.5. The molecule has 1 amide bonds. The zero-order chi connectivity index (χ0) is 19.2. The van der Waals surface area contributed by atoms with Crippen molar-refractivity contribution >= 4 is 16.8 Å². The van der Waals surface area contributed by atoms with Crippen molar-refractivity contribution in [3.05, 3.63) is 71.9 Å². The normalized spacial score (nSPS) is 19.6. The summed E-state index contributed by atoms with van der Waals surface area (Å²) in [5, 5.41) is 4.32.